The van der Waals surface area contributed by atoms with E-state index in [4.69, 9.17) is 9.84 Å². The van der Waals surface area contributed by atoms with Crippen molar-refractivity contribution in [2.45, 2.75) is 25.7 Å². The highest BCUT2D eigenvalue weighted by Gasteiger charge is 2.28. The van der Waals surface area contributed by atoms with Gasteiger partial charge in [0.25, 0.3) is 5.91 Å². The van der Waals surface area contributed by atoms with Crippen LogP contribution >= 0.6 is 0 Å². The second-order valence-electron chi connectivity index (χ2n) is 5.51. The summed E-state index contributed by atoms with van der Waals surface area (Å²) in [5, 5.41) is 8.76. The Morgan fingerprint density at radius 2 is 2.23 bits per heavy atom. The second-order valence-corrected chi connectivity index (χ2v) is 5.51. The van der Waals surface area contributed by atoms with Gasteiger partial charge in [-0.05, 0) is 37.3 Å². The molecule has 0 aliphatic carbocycles. The molecular weight excluding hydrogens is 289 g/mol. The molecule has 1 N–H and O–H groups in total. The summed E-state index contributed by atoms with van der Waals surface area (Å²) in [6, 6.07) is 4.29. The molecule has 0 bridgehead atoms. The number of methoxy groups -OCH3 is 1. The summed E-state index contributed by atoms with van der Waals surface area (Å²) < 4.78 is 19.1. The SMILES string of the molecule is COc1cccc(F)c1C(=O)N1CCCC(CCC(=O)O)C1. The average Bonchev–Trinajstić information content (AvgIpc) is 2.52. The Labute approximate surface area is 128 Å². The number of piperidine rings is 1. The minimum absolute atomic E-state index is 0.0520. The molecule has 2 rings (SSSR count). The van der Waals surface area contributed by atoms with E-state index in [0.29, 0.717) is 19.5 Å². The average molecular weight is 309 g/mol. The number of hydrogen-bond acceptors (Lipinski definition) is 3. The van der Waals surface area contributed by atoms with Crippen LogP contribution in [0, 0.1) is 11.7 Å². The van der Waals surface area contributed by atoms with Gasteiger partial charge in [-0.3, -0.25) is 9.59 Å². The lowest BCUT2D eigenvalue weighted by Crippen LogP contribution is -2.40. The molecule has 5 nitrogen and oxygen atoms in total. The maximum absolute atomic E-state index is 14.0. The molecule has 22 heavy (non-hydrogen) atoms. The van der Waals surface area contributed by atoms with E-state index in [1.807, 2.05) is 0 Å². The third-order valence-corrected chi connectivity index (χ3v) is 3.98. The van der Waals surface area contributed by atoms with Crippen molar-refractivity contribution in [3.05, 3.63) is 29.6 Å². The predicted molar refractivity (Wildman–Crippen MR) is 78.4 cm³/mol. The zero-order chi connectivity index (χ0) is 16.1. The topological polar surface area (TPSA) is 66.8 Å². The quantitative estimate of drug-likeness (QED) is 0.907. The molecule has 1 aliphatic heterocycles. The molecule has 1 aromatic carbocycles. The second kappa shape index (κ2) is 7.24. The van der Waals surface area contributed by atoms with Crippen molar-refractivity contribution in [3.8, 4) is 5.75 Å². The van der Waals surface area contributed by atoms with Gasteiger partial charge in [0.15, 0.2) is 0 Å². The minimum atomic E-state index is -0.834. The first-order valence-electron chi connectivity index (χ1n) is 7.36. The Morgan fingerprint density at radius 3 is 2.91 bits per heavy atom. The molecule has 1 amide bonds. The molecule has 1 saturated heterocycles. The summed E-state index contributed by atoms with van der Waals surface area (Å²) in [5.41, 5.74) is -0.0520. The fourth-order valence-corrected chi connectivity index (χ4v) is 2.85. The summed E-state index contributed by atoms with van der Waals surface area (Å²) in [5.74, 6) is -1.46. The van der Waals surface area contributed by atoms with Crippen molar-refractivity contribution in [1.29, 1.82) is 0 Å². The Balaban J connectivity index is 2.11. The van der Waals surface area contributed by atoms with Gasteiger partial charge in [-0.1, -0.05) is 6.07 Å². The molecule has 1 atom stereocenters. The highest BCUT2D eigenvalue weighted by Crippen LogP contribution is 2.27. The van der Waals surface area contributed by atoms with Crippen molar-refractivity contribution < 1.29 is 23.8 Å². The number of amides is 1. The first-order valence-corrected chi connectivity index (χ1v) is 7.36. The molecule has 1 fully saturated rings. The van der Waals surface area contributed by atoms with Crippen LogP contribution < -0.4 is 4.74 Å². The molecule has 1 unspecified atom stereocenters. The molecule has 0 aromatic heterocycles. The standard InChI is InChI=1S/C16H20FNO4/c1-22-13-6-2-5-12(17)15(13)16(21)18-9-3-4-11(10-18)7-8-14(19)20/h2,5-6,11H,3-4,7-10H2,1H3,(H,19,20). The van der Waals surface area contributed by atoms with Crippen LogP contribution in [-0.2, 0) is 4.79 Å². The van der Waals surface area contributed by atoms with Crippen molar-refractivity contribution in [3.63, 3.8) is 0 Å². The third-order valence-electron chi connectivity index (χ3n) is 3.98. The number of carboxylic acids is 1. The molecule has 1 aliphatic rings. The maximum atomic E-state index is 14.0. The molecular formula is C16H20FNO4. The molecule has 120 valence electrons. The van der Waals surface area contributed by atoms with E-state index in [-0.39, 0.29) is 23.7 Å². The maximum Gasteiger partial charge on any atom is 0.303 e. The summed E-state index contributed by atoms with van der Waals surface area (Å²) in [6.07, 6.45) is 2.32. The Bertz CT molecular complexity index is 561. The number of carboxylic acid groups (broad SMARTS) is 1. The number of likely N-dealkylation sites (tertiary alicyclic amines) is 1. The number of benzene rings is 1. The lowest BCUT2D eigenvalue weighted by atomic mass is 9.93. The van der Waals surface area contributed by atoms with E-state index in [9.17, 15) is 14.0 Å². The van der Waals surface area contributed by atoms with Crippen molar-refractivity contribution in [2.24, 2.45) is 5.92 Å². The Hall–Kier alpha value is -2.11. The third kappa shape index (κ3) is 3.75. The lowest BCUT2D eigenvalue weighted by molar-refractivity contribution is -0.137. The van der Waals surface area contributed by atoms with Gasteiger partial charge in [-0.2, -0.15) is 0 Å². The van der Waals surface area contributed by atoms with Gasteiger partial charge in [-0.15, -0.1) is 0 Å². The summed E-state index contributed by atoms with van der Waals surface area (Å²) in [7, 11) is 1.40. The highest BCUT2D eigenvalue weighted by atomic mass is 19.1. The molecule has 1 aromatic rings. The van der Waals surface area contributed by atoms with Crippen LogP contribution in [0.5, 0.6) is 5.75 Å². The van der Waals surface area contributed by atoms with Crippen molar-refractivity contribution in [2.75, 3.05) is 20.2 Å². The van der Waals surface area contributed by atoms with E-state index in [1.54, 1.807) is 11.0 Å². The van der Waals surface area contributed by atoms with Gasteiger partial charge in [0.1, 0.15) is 17.1 Å². The molecule has 0 radical (unpaired) electrons. The normalized spacial score (nSPS) is 18.1. The number of aliphatic carboxylic acids is 1. The number of carbonyl (C=O) groups is 2. The van der Waals surface area contributed by atoms with Crippen LogP contribution in [-0.4, -0.2) is 42.1 Å². The number of rotatable bonds is 5. The Morgan fingerprint density at radius 1 is 1.45 bits per heavy atom. The van der Waals surface area contributed by atoms with Crippen molar-refractivity contribution >= 4 is 11.9 Å². The van der Waals surface area contributed by atoms with Gasteiger partial charge in [-0.25, -0.2) is 4.39 Å². The molecule has 1 heterocycles. The van der Waals surface area contributed by atoms with E-state index in [2.05, 4.69) is 0 Å². The highest BCUT2D eigenvalue weighted by molar-refractivity contribution is 5.97. The molecule has 6 heteroatoms. The number of nitrogens with zero attached hydrogens (tertiary/aromatic N) is 1. The van der Waals surface area contributed by atoms with Gasteiger partial charge in [0.05, 0.1) is 7.11 Å². The van der Waals surface area contributed by atoms with E-state index in [0.717, 1.165) is 12.8 Å². The number of halogens is 1. The Kier molecular flexibility index (Phi) is 5.35. The smallest absolute Gasteiger partial charge is 0.303 e. The van der Waals surface area contributed by atoms with E-state index >= 15 is 0 Å². The predicted octanol–water partition coefficient (Wildman–Crippen LogP) is 2.55. The van der Waals surface area contributed by atoms with Gasteiger partial charge in [0.2, 0.25) is 0 Å². The van der Waals surface area contributed by atoms with Gasteiger partial charge < -0.3 is 14.7 Å². The zero-order valence-electron chi connectivity index (χ0n) is 12.5. The van der Waals surface area contributed by atoms with Crippen LogP contribution in [0.1, 0.15) is 36.0 Å². The minimum Gasteiger partial charge on any atom is -0.496 e. The van der Waals surface area contributed by atoms with Gasteiger partial charge >= 0.3 is 5.97 Å². The lowest BCUT2D eigenvalue weighted by Gasteiger charge is -2.33. The van der Waals surface area contributed by atoms with Crippen LogP contribution in [0.25, 0.3) is 0 Å². The largest absolute Gasteiger partial charge is 0.496 e. The monoisotopic (exact) mass is 309 g/mol. The van der Waals surface area contributed by atoms with Gasteiger partial charge in [0, 0.05) is 19.5 Å². The number of ether oxygens (including phenoxy) is 1. The van der Waals surface area contributed by atoms with Crippen molar-refractivity contribution in [1.82, 2.24) is 4.90 Å². The van der Waals surface area contributed by atoms with Crippen LogP contribution in [0.4, 0.5) is 4.39 Å². The molecule has 0 saturated carbocycles. The van der Waals surface area contributed by atoms with Crippen LogP contribution in [0.15, 0.2) is 18.2 Å². The number of carbonyl (C=O) groups excluding carboxylic acids is 1. The summed E-state index contributed by atoms with van der Waals surface area (Å²) >= 11 is 0. The number of hydrogen-bond donors (Lipinski definition) is 1. The zero-order valence-corrected chi connectivity index (χ0v) is 12.5. The van der Waals surface area contributed by atoms with E-state index in [1.165, 1.54) is 19.2 Å². The first kappa shape index (κ1) is 16.3. The molecule has 0 spiro atoms. The summed E-state index contributed by atoms with van der Waals surface area (Å²) in [4.78, 5) is 24.8. The van der Waals surface area contributed by atoms with Crippen LogP contribution in [0.2, 0.25) is 0 Å². The first-order chi connectivity index (χ1) is 10.5. The fourth-order valence-electron chi connectivity index (χ4n) is 2.85. The van der Waals surface area contributed by atoms with E-state index < -0.39 is 17.7 Å². The summed E-state index contributed by atoms with van der Waals surface area (Å²) in [6.45, 7) is 1.02. The fraction of sp³-hybridized carbons (Fsp3) is 0.500. The van der Waals surface area contributed by atoms with Crippen LogP contribution in [0.3, 0.4) is 0 Å².